The van der Waals surface area contributed by atoms with Gasteiger partial charge < -0.3 is 0 Å². The van der Waals surface area contributed by atoms with Crippen molar-refractivity contribution in [2.75, 3.05) is 0 Å². The van der Waals surface area contributed by atoms with E-state index in [1.54, 1.807) is 10.2 Å². The Hall–Kier alpha value is -0.241. The minimum absolute atomic E-state index is 0.0793. The normalized spacial score (nSPS) is 38.1. The Morgan fingerprint density at radius 1 is 1.00 bits per heavy atom. The monoisotopic (exact) mass is 352 g/mol. The van der Waals surface area contributed by atoms with Crippen LogP contribution in [0.4, 0.5) is 0 Å². The number of rotatable bonds is 3. The first-order chi connectivity index (χ1) is 9.73. The molecule has 1 aromatic carbocycles. The molecule has 4 aliphatic carbocycles. The molecule has 4 saturated carbocycles. The fourth-order valence-corrected chi connectivity index (χ4v) is 8.94. The van der Waals surface area contributed by atoms with Gasteiger partial charge in [0, 0.05) is 0 Å². The summed E-state index contributed by atoms with van der Waals surface area (Å²) in [5, 5.41) is 0.528. The molecule has 0 unspecified atom stereocenters. The van der Waals surface area contributed by atoms with Crippen LogP contribution in [0.3, 0.4) is 0 Å². The molecule has 0 atom stereocenters. The number of benzene rings is 1. The van der Waals surface area contributed by atoms with Crippen LogP contribution in [0.1, 0.15) is 38.5 Å². The van der Waals surface area contributed by atoms with Crippen LogP contribution < -0.4 is 4.46 Å². The van der Waals surface area contributed by atoms with Gasteiger partial charge in [0.15, 0.2) is 0 Å². The average Bonchev–Trinajstić information content (AvgIpc) is 2.44. The van der Waals surface area contributed by atoms with E-state index in [0.29, 0.717) is 5.12 Å². The zero-order valence-electron chi connectivity index (χ0n) is 11.6. The predicted octanol–water partition coefficient (Wildman–Crippen LogP) is 3.41. The van der Waals surface area contributed by atoms with Crippen molar-refractivity contribution in [2.24, 2.45) is 23.2 Å². The topological polar surface area (TPSA) is 17.1 Å². The van der Waals surface area contributed by atoms with E-state index in [0.717, 1.165) is 17.8 Å². The minimum atomic E-state index is 0.0793. The summed E-state index contributed by atoms with van der Waals surface area (Å²) in [4.78, 5) is 12.8. The van der Waals surface area contributed by atoms with E-state index in [1.165, 1.54) is 43.0 Å². The zero-order chi connectivity index (χ0) is 13.6. The van der Waals surface area contributed by atoms with Crippen molar-refractivity contribution in [1.29, 1.82) is 0 Å². The van der Waals surface area contributed by atoms with Crippen LogP contribution in [0.25, 0.3) is 0 Å². The van der Waals surface area contributed by atoms with E-state index in [9.17, 15) is 4.79 Å². The molecule has 0 aliphatic heterocycles. The van der Waals surface area contributed by atoms with E-state index in [-0.39, 0.29) is 19.3 Å². The first kappa shape index (κ1) is 13.4. The van der Waals surface area contributed by atoms with Gasteiger partial charge in [-0.3, -0.25) is 0 Å². The van der Waals surface area contributed by atoms with Crippen molar-refractivity contribution in [2.45, 2.75) is 38.5 Å². The molecule has 1 aromatic rings. The van der Waals surface area contributed by atoms with Gasteiger partial charge in [0.2, 0.25) is 0 Å². The molecule has 4 bridgehead atoms. The van der Waals surface area contributed by atoms with Crippen LogP contribution in [0.2, 0.25) is 0 Å². The SMILES string of the molecule is O=C(S[Se]c1ccccc1)C12CC3CC(CC(C3)C1)C2. The van der Waals surface area contributed by atoms with E-state index < -0.39 is 0 Å². The summed E-state index contributed by atoms with van der Waals surface area (Å²) in [6, 6.07) is 10.5. The fraction of sp³-hybridized carbons (Fsp3) is 0.588. The van der Waals surface area contributed by atoms with Gasteiger partial charge in [0.05, 0.1) is 0 Å². The molecule has 0 spiro atoms. The molecule has 4 aliphatic rings. The van der Waals surface area contributed by atoms with Gasteiger partial charge in [0.25, 0.3) is 0 Å². The Kier molecular flexibility index (Phi) is 3.48. The number of hydrogen-bond acceptors (Lipinski definition) is 2. The van der Waals surface area contributed by atoms with Crippen molar-refractivity contribution in [3.63, 3.8) is 0 Å². The van der Waals surface area contributed by atoms with Crippen LogP contribution in [-0.4, -0.2) is 19.0 Å². The summed E-state index contributed by atoms with van der Waals surface area (Å²) in [7, 11) is 1.64. The van der Waals surface area contributed by atoms with Crippen molar-refractivity contribution in [1.82, 2.24) is 0 Å². The molecule has 5 rings (SSSR count). The summed E-state index contributed by atoms with van der Waals surface area (Å²) in [6.07, 6.45) is 7.87. The second-order valence-corrected chi connectivity index (χ2v) is 10.8. The van der Waals surface area contributed by atoms with Crippen molar-refractivity contribution < 1.29 is 4.79 Å². The van der Waals surface area contributed by atoms with Crippen molar-refractivity contribution >= 4 is 33.6 Å². The Labute approximate surface area is 130 Å². The molecule has 3 heteroatoms. The second-order valence-electron chi connectivity index (χ2n) is 6.97. The van der Waals surface area contributed by atoms with Gasteiger partial charge in [-0.05, 0) is 0 Å². The van der Waals surface area contributed by atoms with Crippen LogP contribution >= 0.6 is 10.2 Å². The van der Waals surface area contributed by atoms with E-state index >= 15 is 0 Å². The second kappa shape index (κ2) is 5.19. The molecule has 20 heavy (non-hydrogen) atoms. The average molecular weight is 351 g/mol. The Bertz CT molecular complexity index is 478. The molecule has 0 saturated heterocycles. The Morgan fingerprint density at radius 2 is 1.55 bits per heavy atom. The first-order valence-electron chi connectivity index (χ1n) is 7.67. The molecular weight excluding hydrogens is 331 g/mol. The van der Waals surface area contributed by atoms with Crippen LogP contribution in [0, 0.1) is 23.2 Å². The van der Waals surface area contributed by atoms with Crippen molar-refractivity contribution in [3.05, 3.63) is 30.3 Å². The van der Waals surface area contributed by atoms with Crippen LogP contribution in [-0.2, 0) is 4.79 Å². The molecule has 106 valence electrons. The summed E-state index contributed by atoms with van der Waals surface area (Å²) in [6.45, 7) is 0. The third-order valence-electron chi connectivity index (χ3n) is 5.43. The standard InChI is InChI=1S/C17H20OSSe/c18-16(19-20-15-4-2-1-3-5-15)17-9-12-6-13(10-17)8-14(7-12)11-17/h1-5,12-14H,6-11H2. The number of carbonyl (C=O) groups is 1. The number of hydrogen-bond donors (Lipinski definition) is 0. The molecule has 0 heterocycles. The van der Waals surface area contributed by atoms with E-state index in [4.69, 9.17) is 0 Å². The van der Waals surface area contributed by atoms with E-state index in [2.05, 4.69) is 24.3 Å². The summed E-state index contributed by atoms with van der Waals surface area (Å²) in [5.41, 5.74) is 0.0793. The molecule has 0 radical (unpaired) electrons. The predicted molar refractivity (Wildman–Crippen MR) is 85.0 cm³/mol. The molecule has 4 fully saturated rings. The Balaban J connectivity index is 1.46. The van der Waals surface area contributed by atoms with Gasteiger partial charge in [-0.2, -0.15) is 0 Å². The zero-order valence-corrected chi connectivity index (χ0v) is 14.1. The molecule has 1 nitrogen and oxygen atoms in total. The van der Waals surface area contributed by atoms with Gasteiger partial charge in [0.1, 0.15) is 0 Å². The van der Waals surface area contributed by atoms with Crippen LogP contribution in [0.15, 0.2) is 30.3 Å². The maximum absolute atomic E-state index is 12.8. The molecular formula is C17H20OSSe. The van der Waals surface area contributed by atoms with Gasteiger partial charge >= 0.3 is 130 Å². The number of carbonyl (C=O) groups excluding carboxylic acids is 1. The first-order valence-corrected chi connectivity index (χ1v) is 11.4. The summed E-state index contributed by atoms with van der Waals surface area (Å²) in [5.74, 6) is 2.61. The third-order valence-corrected chi connectivity index (χ3v) is 9.55. The molecule has 0 aromatic heterocycles. The van der Waals surface area contributed by atoms with E-state index in [1.807, 2.05) is 6.07 Å². The van der Waals surface area contributed by atoms with Gasteiger partial charge in [-0.15, -0.1) is 0 Å². The van der Waals surface area contributed by atoms with Gasteiger partial charge in [-0.1, -0.05) is 0 Å². The fourth-order valence-electron chi connectivity index (χ4n) is 5.01. The summed E-state index contributed by atoms with van der Waals surface area (Å²) >= 11 is 0.252. The quantitative estimate of drug-likeness (QED) is 0.777. The summed E-state index contributed by atoms with van der Waals surface area (Å²) < 4.78 is 1.34. The Morgan fingerprint density at radius 3 is 2.10 bits per heavy atom. The molecule has 0 amide bonds. The molecule has 0 N–H and O–H groups in total. The maximum atomic E-state index is 12.8. The third kappa shape index (κ3) is 2.38. The van der Waals surface area contributed by atoms with Crippen molar-refractivity contribution in [3.8, 4) is 0 Å². The van der Waals surface area contributed by atoms with Gasteiger partial charge in [-0.25, -0.2) is 0 Å². The van der Waals surface area contributed by atoms with Crippen LogP contribution in [0.5, 0.6) is 0 Å².